The van der Waals surface area contributed by atoms with Crippen molar-refractivity contribution >= 4 is 49.8 Å². The highest BCUT2D eigenvalue weighted by atomic mass is 32.2. The Kier molecular flexibility index (Phi) is 6.27. The number of para-hydroxylation sites is 1. The Morgan fingerprint density at radius 2 is 1.83 bits per heavy atom. The molecule has 0 atom stereocenters. The molecule has 1 aliphatic rings. The highest BCUT2D eigenvalue weighted by Gasteiger charge is 2.23. The number of nitrogens with zero attached hydrogens (tertiary/aromatic N) is 4. The van der Waals surface area contributed by atoms with E-state index < -0.39 is 15.1 Å². The molecule has 0 unspecified atom stereocenters. The first-order chi connectivity index (χ1) is 16.9. The average Bonchev–Trinajstić information content (AvgIpc) is 3.34. The van der Waals surface area contributed by atoms with Crippen molar-refractivity contribution in [2.45, 2.75) is 24.0 Å². The third kappa shape index (κ3) is 4.77. The standard InChI is InChI=1S/C24H27N7O3S/c1-16(2)35(32,33)20-6-4-3-5-18(20)28-23-22-19(9-10-25-22)29-24(30-23)27-17-7-8-21(26-15-17)31-11-13-34-14-12-31/h3-10,15-16,25H,11-14H2,1-2H3,(H2,27,28,29,30). The van der Waals surface area contributed by atoms with E-state index in [0.29, 0.717) is 41.7 Å². The molecule has 0 aliphatic carbocycles. The first-order valence-electron chi connectivity index (χ1n) is 11.4. The van der Waals surface area contributed by atoms with E-state index in [2.05, 4.69) is 35.5 Å². The van der Waals surface area contributed by atoms with Crippen LogP contribution in [0.2, 0.25) is 0 Å². The molecule has 182 valence electrons. The van der Waals surface area contributed by atoms with Crippen molar-refractivity contribution in [3.63, 3.8) is 0 Å². The zero-order valence-electron chi connectivity index (χ0n) is 19.5. The fourth-order valence-corrected chi connectivity index (χ4v) is 5.06. The minimum Gasteiger partial charge on any atom is -0.378 e. The van der Waals surface area contributed by atoms with Crippen LogP contribution in [0.1, 0.15) is 13.8 Å². The van der Waals surface area contributed by atoms with Gasteiger partial charge < -0.3 is 25.3 Å². The molecular weight excluding hydrogens is 466 g/mol. The quantitative estimate of drug-likeness (QED) is 0.352. The number of fused-ring (bicyclic) bond motifs is 1. The number of rotatable bonds is 7. The molecule has 0 bridgehead atoms. The topological polar surface area (TPSA) is 125 Å². The summed E-state index contributed by atoms with van der Waals surface area (Å²) in [6.07, 6.45) is 3.51. The van der Waals surface area contributed by atoms with E-state index in [0.717, 1.165) is 24.6 Å². The molecule has 1 saturated heterocycles. The van der Waals surface area contributed by atoms with E-state index >= 15 is 0 Å². The molecule has 0 saturated carbocycles. The van der Waals surface area contributed by atoms with E-state index in [9.17, 15) is 8.42 Å². The van der Waals surface area contributed by atoms with Gasteiger partial charge in [-0.05, 0) is 44.2 Å². The third-order valence-electron chi connectivity index (χ3n) is 5.81. The molecule has 0 amide bonds. The van der Waals surface area contributed by atoms with Crippen molar-refractivity contribution in [3.8, 4) is 0 Å². The molecule has 1 aromatic carbocycles. The summed E-state index contributed by atoms with van der Waals surface area (Å²) in [5.41, 5.74) is 2.56. The number of aromatic amines is 1. The molecule has 4 heterocycles. The van der Waals surface area contributed by atoms with Crippen LogP contribution < -0.4 is 15.5 Å². The number of nitrogens with one attached hydrogen (secondary N) is 3. The molecule has 3 N–H and O–H groups in total. The van der Waals surface area contributed by atoms with Gasteiger partial charge in [-0.1, -0.05) is 12.1 Å². The molecule has 35 heavy (non-hydrogen) atoms. The smallest absolute Gasteiger partial charge is 0.229 e. The summed E-state index contributed by atoms with van der Waals surface area (Å²) in [5.74, 6) is 1.72. The van der Waals surface area contributed by atoms with Gasteiger partial charge in [0.25, 0.3) is 0 Å². The Bertz CT molecular complexity index is 1430. The number of H-pyrrole nitrogens is 1. The van der Waals surface area contributed by atoms with E-state index in [1.54, 1.807) is 50.5 Å². The van der Waals surface area contributed by atoms with Crippen LogP contribution in [-0.2, 0) is 14.6 Å². The lowest BCUT2D eigenvalue weighted by atomic mass is 10.3. The van der Waals surface area contributed by atoms with Gasteiger partial charge in [0.05, 0.1) is 46.4 Å². The maximum atomic E-state index is 12.9. The van der Waals surface area contributed by atoms with Crippen LogP contribution in [0.4, 0.5) is 29.0 Å². The van der Waals surface area contributed by atoms with Gasteiger partial charge in [0, 0.05) is 19.3 Å². The Morgan fingerprint density at radius 1 is 1.03 bits per heavy atom. The number of morpholine rings is 1. The lowest BCUT2D eigenvalue weighted by Gasteiger charge is -2.27. The number of hydrogen-bond acceptors (Lipinski definition) is 9. The summed E-state index contributed by atoms with van der Waals surface area (Å²) in [4.78, 5) is 19.3. The van der Waals surface area contributed by atoms with Crippen molar-refractivity contribution in [1.82, 2.24) is 19.9 Å². The Morgan fingerprint density at radius 3 is 2.57 bits per heavy atom. The molecule has 0 radical (unpaired) electrons. The maximum absolute atomic E-state index is 12.9. The SMILES string of the molecule is CC(C)S(=O)(=O)c1ccccc1Nc1nc(Nc2ccc(N3CCOCC3)nc2)nc2cc[nH]c12. The van der Waals surface area contributed by atoms with Crippen LogP contribution in [0.5, 0.6) is 0 Å². The Balaban J connectivity index is 1.44. The predicted octanol–water partition coefficient (Wildman–Crippen LogP) is 3.86. The van der Waals surface area contributed by atoms with Crippen molar-refractivity contribution in [2.75, 3.05) is 41.8 Å². The van der Waals surface area contributed by atoms with E-state index in [4.69, 9.17) is 4.74 Å². The lowest BCUT2D eigenvalue weighted by Crippen LogP contribution is -2.36. The number of hydrogen-bond donors (Lipinski definition) is 3. The zero-order valence-corrected chi connectivity index (χ0v) is 20.3. The minimum atomic E-state index is -3.49. The summed E-state index contributed by atoms with van der Waals surface area (Å²) in [5, 5.41) is 5.86. The first-order valence-corrected chi connectivity index (χ1v) is 13.0. The normalized spacial score (nSPS) is 14.4. The maximum Gasteiger partial charge on any atom is 0.229 e. The van der Waals surface area contributed by atoms with E-state index in [1.807, 2.05) is 18.2 Å². The van der Waals surface area contributed by atoms with Crippen molar-refractivity contribution < 1.29 is 13.2 Å². The van der Waals surface area contributed by atoms with Gasteiger partial charge in [-0.25, -0.2) is 18.4 Å². The van der Waals surface area contributed by atoms with Crippen molar-refractivity contribution in [1.29, 1.82) is 0 Å². The van der Waals surface area contributed by atoms with Crippen LogP contribution >= 0.6 is 0 Å². The minimum absolute atomic E-state index is 0.228. The molecule has 1 fully saturated rings. The van der Waals surface area contributed by atoms with Crippen LogP contribution in [0.15, 0.2) is 59.8 Å². The van der Waals surface area contributed by atoms with Gasteiger partial charge >= 0.3 is 0 Å². The summed E-state index contributed by atoms with van der Waals surface area (Å²) >= 11 is 0. The Hall–Kier alpha value is -3.70. The summed E-state index contributed by atoms with van der Waals surface area (Å²) < 4.78 is 31.2. The molecule has 10 nitrogen and oxygen atoms in total. The average molecular weight is 494 g/mol. The van der Waals surface area contributed by atoms with E-state index in [1.165, 1.54) is 0 Å². The zero-order chi connectivity index (χ0) is 24.4. The van der Waals surface area contributed by atoms with Gasteiger partial charge in [0.1, 0.15) is 11.3 Å². The third-order valence-corrected chi connectivity index (χ3v) is 8.02. The second kappa shape index (κ2) is 9.51. The van der Waals surface area contributed by atoms with Gasteiger partial charge in [-0.2, -0.15) is 4.98 Å². The van der Waals surface area contributed by atoms with Crippen molar-refractivity contribution in [3.05, 3.63) is 54.9 Å². The number of aromatic nitrogens is 4. The van der Waals surface area contributed by atoms with Crippen molar-refractivity contribution in [2.24, 2.45) is 0 Å². The lowest BCUT2D eigenvalue weighted by molar-refractivity contribution is 0.122. The van der Waals surface area contributed by atoms with Gasteiger partial charge in [0.15, 0.2) is 15.7 Å². The van der Waals surface area contributed by atoms with Gasteiger partial charge in [-0.15, -0.1) is 0 Å². The molecule has 3 aromatic heterocycles. The van der Waals surface area contributed by atoms with Crippen LogP contribution in [0.25, 0.3) is 11.0 Å². The fraction of sp³-hybridized carbons (Fsp3) is 0.292. The molecular formula is C24H27N7O3S. The highest BCUT2D eigenvalue weighted by Crippen LogP contribution is 2.30. The summed E-state index contributed by atoms with van der Waals surface area (Å²) in [6.45, 7) is 6.36. The summed E-state index contributed by atoms with van der Waals surface area (Å²) in [7, 11) is -3.49. The second-order valence-corrected chi connectivity index (χ2v) is 11.0. The van der Waals surface area contributed by atoms with Crippen LogP contribution in [0, 0.1) is 0 Å². The molecule has 11 heteroatoms. The van der Waals surface area contributed by atoms with Crippen LogP contribution in [-0.4, -0.2) is 59.9 Å². The highest BCUT2D eigenvalue weighted by molar-refractivity contribution is 7.92. The molecule has 5 rings (SSSR count). The number of sulfone groups is 1. The first kappa shape index (κ1) is 23.1. The number of anilines is 5. The molecule has 0 spiro atoms. The number of ether oxygens (including phenoxy) is 1. The second-order valence-electron chi connectivity index (χ2n) is 8.48. The molecule has 1 aliphatic heterocycles. The van der Waals surface area contributed by atoms with Crippen LogP contribution in [0.3, 0.4) is 0 Å². The Labute approximate surface area is 203 Å². The van der Waals surface area contributed by atoms with Gasteiger partial charge in [-0.3, -0.25) is 0 Å². The van der Waals surface area contributed by atoms with Gasteiger partial charge in [0.2, 0.25) is 5.95 Å². The summed E-state index contributed by atoms with van der Waals surface area (Å²) in [6, 6.07) is 12.6. The largest absolute Gasteiger partial charge is 0.378 e. The number of pyridine rings is 1. The molecule has 4 aromatic rings. The monoisotopic (exact) mass is 493 g/mol. The number of benzene rings is 1. The van der Waals surface area contributed by atoms with E-state index in [-0.39, 0.29) is 4.90 Å². The predicted molar refractivity (Wildman–Crippen MR) is 136 cm³/mol. The fourth-order valence-electron chi connectivity index (χ4n) is 3.86.